The lowest BCUT2D eigenvalue weighted by molar-refractivity contribution is -0.121. The fourth-order valence-electron chi connectivity index (χ4n) is 3.03. The molecule has 1 heterocycles. The summed E-state index contributed by atoms with van der Waals surface area (Å²) < 4.78 is 46.8. The standard InChI is InChI=1S/C20H20ClFN2O5S2/c1-29-18-6-5-13(11-17(18)24-19(25)7-8-20(24)26)31(27,28)23-9-10-30-12-14-15(21)3-2-4-16(14)22/h2-6,11,23H,7-10,12H2,1H3. The number of hydrogen-bond acceptors (Lipinski definition) is 6. The Morgan fingerprint density at radius 1 is 1.19 bits per heavy atom. The molecule has 0 bridgehead atoms. The van der Waals surface area contributed by atoms with Gasteiger partial charge < -0.3 is 4.74 Å². The number of benzene rings is 2. The molecule has 0 radical (unpaired) electrons. The van der Waals surface area contributed by atoms with E-state index in [1.54, 1.807) is 6.07 Å². The highest BCUT2D eigenvalue weighted by molar-refractivity contribution is 7.98. The number of thioether (sulfide) groups is 1. The van der Waals surface area contributed by atoms with Gasteiger partial charge in [-0.15, -0.1) is 0 Å². The van der Waals surface area contributed by atoms with Gasteiger partial charge >= 0.3 is 0 Å². The first-order valence-corrected chi connectivity index (χ1v) is 12.3. The minimum absolute atomic E-state index is 0.0699. The number of anilines is 1. The summed E-state index contributed by atoms with van der Waals surface area (Å²) in [5.74, 6) is -0.310. The van der Waals surface area contributed by atoms with Crippen LogP contribution in [-0.2, 0) is 25.4 Å². The van der Waals surface area contributed by atoms with Crippen molar-refractivity contribution in [2.75, 3.05) is 24.3 Å². The first-order valence-electron chi connectivity index (χ1n) is 9.28. The van der Waals surface area contributed by atoms with Gasteiger partial charge in [-0.25, -0.2) is 22.4 Å². The summed E-state index contributed by atoms with van der Waals surface area (Å²) in [4.78, 5) is 25.0. The SMILES string of the molecule is COc1ccc(S(=O)(=O)NCCSCc2c(F)cccc2Cl)cc1N1C(=O)CCC1=O. The summed E-state index contributed by atoms with van der Waals surface area (Å²) in [6.07, 6.45) is 0.140. The van der Waals surface area contributed by atoms with E-state index in [2.05, 4.69) is 4.72 Å². The Kier molecular flexibility index (Phi) is 7.58. The molecule has 0 saturated carbocycles. The number of hydrogen-bond donors (Lipinski definition) is 1. The Morgan fingerprint density at radius 2 is 1.90 bits per heavy atom. The van der Waals surface area contributed by atoms with Crippen LogP contribution in [0.4, 0.5) is 10.1 Å². The van der Waals surface area contributed by atoms with Gasteiger partial charge in [-0.2, -0.15) is 11.8 Å². The highest BCUT2D eigenvalue weighted by atomic mass is 35.5. The van der Waals surface area contributed by atoms with Crippen LogP contribution in [0.15, 0.2) is 41.3 Å². The van der Waals surface area contributed by atoms with Gasteiger partial charge in [-0.1, -0.05) is 17.7 Å². The van der Waals surface area contributed by atoms with Crippen LogP contribution in [-0.4, -0.2) is 39.6 Å². The molecule has 0 atom stereocenters. The fraction of sp³-hybridized carbons (Fsp3) is 0.300. The van der Waals surface area contributed by atoms with E-state index in [0.717, 1.165) is 4.90 Å². The number of carbonyl (C=O) groups is 2. The third kappa shape index (κ3) is 5.38. The molecule has 2 aromatic rings. The molecular formula is C20H20ClFN2O5S2. The molecule has 11 heteroatoms. The molecule has 2 aromatic carbocycles. The maximum absolute atomic E-state index is 13.8. The number of rotatable bonds is 9. The molecule has 1 fully saturated rings. The maximum Gasteiger partial charge on any atom is 0.240 e. The zero-order chi connectivity index (χ0) is 22.6. The number of imide groups is 1. The Balaban J connectivity index is 1.66. The summed E-state index contributed by atoms with van der Waals surface area (Å²) in [6, 6.07) is 8.42. The molecule has 0 aliphatic carbocycles. The van der Waals surface area contributed by atoms with Crippen molar-refractivity contribution in [1.82, 2.24) is 4.72 Å². The summed E-state index contributed by atoms with van der Waals surface area (Å²) in [5.41, 5.74) is 0.471. The van der Waals surface area contributed by atoms with Crippen molar-refractivity contribution in [2.45, 2.75) is 23.5 Å². The highest BCUT2D eigenvalue weighted by Crippen LogP contribution is 2.34. The van der Waals surface area contributed by atoms with E-state index < -0.39 is 27.7 Å². The van der Waals surface area contributed by atoms with Gasteiger partial charge in [0.15, 0.2) is 0 Å². The van der Waals surface area contributed by atoms with Crippen LogP contribution in [0.2, 0.25) is 5.02 Å². The topological polar surface area (TPSA) is 92.8 Å². The quantitative estimate of drug-likeness (QED) is 0.431. The zero-order valence-electron chi connectivity index (χ0n) is 16.6. The lowest BCUT2D eigenvalue weighted by atomic mass is 10.2. The molecule has 1 aliphatic heterocycles. The van der Waals surface area contributed by atoms with Crippen LogP contribution >= 0.6 is 23.4 Å². The van der Waals surface area contributed by atoms with Crippen molar-refractivity contribution < 1.29 is 27.1 Å². The Labute approximate surface area is 189 Å². The number of methoxy groups -OCH3 is 1. The Bertz CT molecular complexity index is 1070. The number of nitrogens with zero attached hydrogens (tertiary/aromatic N) is 1. The van der Waals surface area contributed by atoms with E-state index >= 15 is 0 Å². The molecule has 3 rings (SSSR count). The summed E-state index contributed by atoms with van der Waals surface area (Å²) in [7, 11) is -2.53. The average molecular weight is 487 g/mol. The second-order valence-electron chi connectivity index (χ2n) is 6.61. The van der Waals surface area contributed by atoms with E-state index in [4.69, 9.17) is 16.3 Å². The van der Waals surface area contributed by atoms with Gasteiger partial charge in [0.1, 0.15) is 11.6 Å². The second kappa shape index (κ2) is 9.99. The van der Waals surface area contributed by atoms with Gasteiger partial charge in [-0.05, 0) is 30.3 Å². The number of ether oxygens (including phenoxy) is 1. The zero-order valence-corrected chi connectivity index (χ0v) is 18.9. The van der Waals surface area contributed by atoms with Gasteiger partial charge in [0.2, 0.25) is 21.8 Å². The molecule has 1 saturated heterocycles. The average Bonchev–Trinajstić information content (AvgIpc) is 3.07. The number of nitrogens with one attached hydrogen (secondary N) is 1. The Morgan fingerprint density at radius 3 is 2.55 bits per heavy atom. The summed E-state index contributed by atoms with van der Waals surface area (Å²) >= 11 is 7.31. The minimum Gasteiger partial charge on any atom is -0.495 e. The van der Waals surface area contributed by atoms with Gasteiger partial charge in [0, 0.05) is 41.5 Å². The molecule has 0 aromatic heterocycles. The van der Waals surface area contributed by atoms with E-state index in [1.165, 1.54) is 49.2 Å². The van der Waals surface area contributed by atoms with Crippen molar-refractivity contribution >= 4 is 50.9 Å². The number of amides is 2. The van der Waals surface area contributed by atoms with Crippen LogP contribution < -0.4 is 14.4 Å². The van der Waals surface area contributed by atoms with Crippen LogP contribution in [0.25, 0.3) is 0 Å². The minimum atomic E-state index is -3.90. The van der Waals surface area contributed by atoms with Crippen LogP contribution in [0.5, 0.6) is 5.75 Å². The van der Waals surface area contributed by atoms with E-state index in [1.807, 2.05) is 0 Å². The fourth-order valence-corrected chi connectivity index (χ4v) is 5.41. The number of halogens is 2. The number of sulfonamides is 1. The molecule has 31 heavy (non-hydrogen) atoms. The predicted molar refractivity (Wildman–Crippen MR) is 117 cm³/mol. The maximum atomic E-state index is 13.8. The smallest absolute Gasteiger partial charge is 0.240 e. The van der Waals surface area contributed by atoms with E-state index in [0.29, 0.717) is 22.1 Å². The van der Waals surface area contributed by atoms with E-state index in [-0.39, 0.29) is 35.7 Å². The van der Waals surface area contributed by atoms with E-state index in [9.17, 15) is 22.4 Å². The molecule has 166 valence electrons. The number of carbonyl (C=O) groups excluding carboxylic acids is 2. The lowest BCUT2D eigenvalue weighted by Gasteiger charge is -2.18. The summed E-state index contributed by atoms with van der Waals surface area (Å²) in [5, 5.41) is 0.324. The predicted octanol–water partition coefficient (Wildman–Crippen LogP) is 3.35. The van der Waals surface area contributed by atoms with Crippen molar-refractivity contribution in [1.29, 1.82) is 0 Å². The Hall–Kier alpha value is -2.14. The second-order valence-corrected chi connectivity index (χ2v) is 9.89. The molecule has 1 N–H and O–H groups in total. The largest absolute Gasteiger partial charge is 0.495 e. The first-order chi connectivity index (χ1) is 14.7. The lowest BCUT2D eigenvalue weighted by Crippen LogP contribution is -2.30. The van der Waals surface area contributed by atoms with Crippen LogP contribution in [0.3, 0.4) is 0 Å². The summed E-state index contributed by atoms with van der Waals surface area (Å²) in [6.45, 7) is 0.0992. The van der Waals surface area contributed by atoms with Gasteiger partial charge in [0.25, 0.3) is 0 Å². The van der Waals surface area contributed by atoms with Crippen molar-refractivity contribution in [3.05, 3.63) is 52.8 Å². The van der Waals surface area contributed by atoms with Gasteiger partial charge in [0.05, 0.1) is 17.7 Å². The third-order valence-corrected chi connectivity index (χ3v) is 7.40. The highest BCUT2D eigenvalue weighted by Gasteiger charge is 2.33. The molecule has 0 unspecified atom stereocenters. The third-order valence-electron chi connectivity index (χ3n) is 4.60. The van der Waals surface area contributed by atoms with Gasteiger partial charge in [-0.3, -0.25) is 9.59 Å². The molecule has 2 amide bonds. The monoisotopic (exact) mass is 486 g/mol. The van der Waals surface area contributed by atoms with Crippen LogP contribution in [0.1, 0.15) is 18.4 Å². The molecular weight excluding hydrogens is 467 g/mol. The van der Waals surface area contributed by atoms with Crippen molar-refractivity contribution in [2.24, 2.45) is 0 Å². The van der Waals surface area contributed by atoms with Crippen molar-refractivity contribution in [3.63, 3.8) is 0 Å². The first kappa shape index (κ1) is 23.5. The normalized spacial score (nSPS) is 14.4. The molecule has 7 nitrogen and oxygen atoms in total. The molecule has 0 spiro atoms. The molecule has 1 aliphatic rings. The van der Waals surface area contributed by atoms with Crippen molar-refractivity contribution in [3.8, 4) is 5.75 Å². The van der Waals surface area contributed by atoms with Crippen LogP contribution in [0, 0.1) is 5.82 Å².